The van der Waals surface area contributed by atoms with Crippen molar-refractivity contribution in [2.24, 2.45) is 5.41 Å². The molecule has 5 heteroatoms. The van der Waals surface area contributed by atoms with Gasteiger partial charge in [-0.2, -0.15) is 0 Å². The summed E-state index contributed by atoms with van der Waals surface area (Å²) in [4.78, 5) is 18.9. The molecule has 2 N–H and O–H groups in total. The van der Waals surface area contributed by atoms with E-state index < -0.39 is 0 Å². The Morgan fingerprint density at radius 3 is 2.50 bits per heavy atom. The molecule has 1 aromatic rings. The summed E-state index contributed by atoms with van der Waals surface area (Å²) in [5.41, 5.74) is 0.530. The molecule has 0 radical (unpaired) electrons. The van der Waals surface area contributed by atoms with Crippen molar-refractivity contribution in [2.75, 3.05) is 31.1 Å². The Morgan fingerprint density at radius 2 is 1.95 bits per heavy atom. The molecule has 1 saturated carbocycles. The van der Waals surface area contributed by atoms with Gasteiger partial charge in [0, 0.05) is 31.2 Å². The first-order chi connectivity index (χ1) is 10.7. The van der Waals surface area contributed by atoms with Crippen molar-refractivity contribution in [3.63, 3.8) is 0 Å². The minimum atomic E-state index is -0.102. The molecular weight excluding hydrogens is 278 g/mol. The summed E-state index contributed by atoms with van der Waals surface area (Å²) < 4.78 is 0. The second-order valence-corrected chi connectivity index (χ2v) is 6.65. The Morgan fingerprint density at radius 1 is 1.23 bits per heavy atom. The lowest BCUT2D eigenvalue weighted by molar-refractivity contribution is 0.0935. The van der Waals surface area contributed by atoms with E-state index in [4.69, 9.17) is 0 Å². The van der Waals surface area contributed by atoms with Gasteiger partial charge in [0.1, 0.15) is 5.82 Å². The Bertz CT molecular complexity index is 503. The molecule has 1 amide bonds. The average Bonchev–Trinajstić information content (AvgIpc) is 3.37. The summed E-state index contributed by atoms with van der Waals surface area (Å²) in [5, 5.41) is 12.2. The number of nitrogens with one attached hydrogen (secondary N) is 1. The molecule has 0 aromatic carbocycles. The average molecular weight is 303 g/mol. The van der Waals surface area contributed by atoms with Crippen LogP contribution in [0, 0.1) is 5.41 Å². The number of nitrogens with zero attached hydrogens (tertiary/aromatic N) is 2. The third-order valence-corrected chi connectivity index (χ3v) is 4.86. The highest BCUT2D eigenvalue weighted by Gasteiger charge is 2.42. The van der Waals surface area contributed by atoms with Gasteiger partial charge >= 0.3 is 0 Å². The normalized spacial score (nSPS) is 20.3. The lowest BCUT2D eigenvalue weighted by atomic mass is 10.1. The first kappa shape index (κ1) is 15.3. The minimum absolute atomic E-state index is 0.0604. The quantitative estimate of drug-likeness (QED) is 0.873. The second kappa shape index (κ2) is 6.65. The van der Waals surface area contributed by atoms with Crippen LogP contribution < -0.4 is 10.2 Å². The van der Waals surface area contributed by atoms with Crippen LogP contribution in [0.5, 0.6) is 0 Å². The fourth-order valence-electron chi connectivity index (χ4n) is 2.94. The van der Waals surface area contributed by atoms with Gasteiger partial charge in [-0.25, -0.2) is 4.98 Å². The van der Waals surface area contributed by atoms with Crippen LogP contribution in [-0.2, 0) is 0 Å². The minimum Gasteiger partial charge on any atom is -0.396 e. The predicted molar refractivity (Wildman–Crippen MR) is 86.0 cm³/mol. The molecule has 5 nitrogen and oxygen atoms in total. The van der Waals surface area contributed by atoms with Gasteiger partial charge in [0.05, 0.1) is 12.2 Å². The molecule has 22 heavy (non-hydrogen) atoms. The van der Waals surface area contributed by atoms with Crippen molar-refractivity contribution in [3.05, 3.63) is 23.9 Å². The van der Waals surface area contributed by atoms with Crippen LogP contribution in [0.2, 0.25) is 0 Å². The SMILES string of the molecule is O=C(NCC1(CO)CC1)c1ccc(N2CCCCCC2)nc1. The monoisotopic (exact) mass is 303 g/mol. The van der Waals surface area contributed by atoms with Crippen molar-refractivity contribution >= 4 is 11.7 Å². The van der Waals surface area contributed by atoms with Gasteiger partial charge in [0.15, 0.2) is 0 Å². The topological polar surface area (TPSA) is 65.5 Å². The van der Waals surface area contributed by atoms with Gasteiger partial charge < -0.3 is 15.3 Å². The third kappa shape index (κ3) is 3.58. The molecule has 0 atom stereocenters. The van der Waals surface area contributed by atoms with Gasteiger partial charge in [-0.3, -0.25) is 4.79 Å². The van der Waals surface area contributed by atoms with Gasteiger partial charge in [-0.05, 0) is 37.8 Å². The molecule has 2 heterocycles. The molecule has 1 saturated heterocycles. The fourth-order valence-corrected chi connectivity index (χ4v) is 2.94. The fraction of sp³-hybridized carbons (Fsp3) is 0.647. The van der Waals surface area contributed by atoms with Crippen molar-refractivity contribution < 1.29 is 9.90 Å². The number of aliphatic hydroxyl groups excluding tert-OH is 1. The van der Waals surface area contributed by atoms with Crippen molar-refractivity contribution in [1.29, 1.82) is 0 Å². The lowest BCUT2D eigenvalue weighted by Crippen LogP contribution is -2.32. The Balaban J connectivity index is 1.57. The Kier molecular flexibility index (Phi) is 4.62. The number of carbonyl (C=O) groups is 1. The highest BCUT2D eigenvalue weighted by Crippen LogP contribution is 2.44. The summed E-state index contributed by atoms with van der Waals surface area (Å²) >= 11 is 0. The number of anilines is 1. The van der Waals surface area contributed by atoms with E-state index in [-0.39, 0.29) is 17.9 Å². The highest BCUT2D eigenvalue weighted by molar-refractivity contribution is 5.94. The Labute approximate surface area is 131 Å². The number of hydrogen-bond donors (Lipinski definition) is 2. The van der Waals surface area contributed by atoms with Gasteiger partial charge in [0.2, 0.25) is 0 Å². The summed E-state index contributed by atoms with van der Waals surface area (Å²) in [6.07, 6.45) is 8.67. The zero-order valence-corrected chi connectivity index (χ0v) is 13.1. The van der Waals surface area contributed by atoms with Gasteiger partial charge in [-0.1, -0.05) is 12.8 Å². The van der Waals surface area contributed by atoms with E-state index in [1.807, 2.05) is 12.1 Å². The van der Waals surface area contributed by atoms with Crippen LogP contribution in [-0.4, -0.2) is 42.2 Å². The van der Waals surface area contributed by atoms with Crippen molar-refractivity contribution in [3.8, 4) is 0 Å². The molecule has 0 unspecified atom stereocenters. The number of aromatic nitrogens is 1. The first-order valence-corrected chi connectivity index (χ1v) is 8.33. The Hall–Kier alpha value is -1.62. The van der Waals surface area contributed by atoms with Crippen LogP contribution in [0.25, 0.3) is 0 Å². The molecule has 2 aliphatic rings. The van der Waals surface area contributed by atoms with Crippen LogP contribution in [0.4, 0.5) is 5.82 Å². The molecule has 120 valence electrons. The molecule has 0 bridgehead atoms. The maximum absolute atomic E-state index is 12.1. The molecule has 1 aliphatic carbocycles. The summed E-state index contributed by atoms with van der Waals surface area (Å²) in [7, 11) is 0. The second-order valence-electron chi connectivity index (χ2n) is 6.65. The van der Waals surface area contributed by atoms with Crippen LogP contribution in [0.3, 0.4) is 0 Å². The molecule has 2 fully saturated rings. The summed E-state index contributed by atoms with van der Waals surface area (Å²) in [5.74, 6) is 0.863. The van der Waals surface area contributed by atoms with Gasteiger partial charge in [-0.15, -0.1) is 0 Å². The predicted octanol–water partition coefficient (Wildman–Crippen LogP) is 1.96. The number of carbonyl (C=O) groups excluding carboxylic acids is 1. The van der Waals surface area contributed by atoms with E-state index >= 15 is 0 Å². The van der Waals surface area contributed by atoms with E-state index in [0.29, 0.717) is 12.1 Å². The summed E-state index contributed by atoms with van der Waals surface area (Å²) in [6.45, 7) is 2.81. The largest absolute Gasteiger partial charge is 0.396 e. The van der Waals surface area contributed by atoms with E-state index in [1.165, 1.54) is 25.7 Å². The molecule has 1 aliphatic heterocycles. The number of hydrogen-bond acceptors (Lipinski definition) is 4. The van der Waals surface area contributed by atoms with E-state index in [2.05, 4.69) is 15.2 Å². The zero-order valence-electron chi connectivity index (χ0n) is 13.1. The van der Waals surface area contributed by atoms with Crippen LogP contribution >= 0.6 is 0 Å². The van der Waals surface area contributed by atoms with Crippen molar-refractivity contribution in [1.82, 2.24) is 10.3 Å². The number of pyridine rings is 1. The molecule has 1 aromatic heterocycles. The standard InChI is InChI=1S/C17H25N3O2/c21-13-17(7-8-17)12-19-16(22)14-5-6-15(18-11-14)20-9-3-1-2-4-10-20/h5-6,11,21H,1-4,7-10,12-13H2,(H,19,22). The molecular formula is C17H25N3O2. The maximum atomic E-state index is 12.1. The number of amides is 1. The lowest BCUT2D eigenvalue weighted by Gasteiger charge is -2.21. The first-order valence-electron chi connectivity index (χ1n) is 8.33. The van der Waals surface area contributed by atoms with Crippen LogP contribution in [0.15, 0.2) is 18.3 Å². The number of rotatable bonds is 5. The van der Waals surface area contributed by atoms with Gasteiger partial charge in [0.25, 0.3) is 5.91 Å². The van der Waals surface area contributed by atoms with E-state index in [9.17, 15) is 9.90 Å². The molecule has 0 spiro atoms. The summed E-state index contributed by atoms with van der Waals surface area (Å²) in [6, 6.07) is 3.79. The number of aliphatic hydroxyl groups is 1. The van der Waals surface area contributed by atoms with E-state index in [1.54, 1.807) is 6.20 Å². The van der Waals surface area contributed by atoms with Crippen LogP contribution in [0.1, 0.15) is 48.9 Å². The highest BCUT2D eigenvalue weighted by atomic mass is 16.3. The zero-order chi connectivity index (χ0) is 15.4. The van der Waals surface area contributed by atoms with E-state index in [0.717, 1.165) is 31.7 Å². The third-order valence-electron chi connectivity index (χ3n) is 4.86. The van der Waals surface area contributed by atoms with Crippen molar-refractivity contribution in [2.45, 2.75) is 38.5 Å². The molecule has 3 rings (SSSR count). The smallest absolute Gasteiger partial charge is 0.252 e. The maximum Gasteiger partial charge on any atom is 0.252 e.